The molecule has 1 N–H and O–H groups in total. The SMILES string of the molecule is [CH2-]C(NC(=O)OC(C)(C)C)C(=O)OC.[Zn+][I]. The summed E-state index contributed by atoms with van der Waals surface area (Å²) < 4.78 is 9.28. The molecule has 0 aromatic rings. The number of halogens is 1. The van der Waals surface area contributed by atoms with E-state index in [0.717, 1.165) is 0 Å². The molecule has 5 nitrogen and oxygen atoms in total. The first-order valence-corrected chi connectivity index (χ1v) is 13.5. The molecule has 1 unspecified atom stereocenters. The van der Waals surface area contributed by atoms with Gasteiger partial charge in [0.1, 0.15) is 5.60 Å². The molecule has 0 aliphatic carbocycles. The second-order valence-electron chi connectivity index (χ2n) is 3.72. The Bertz CT molecular complexity index is 230. The molecule has 0 heterocycles. The molecule has 0 radical (unpaired) electrons. The fraction of sp³-hybridized carbons (Fsp3) is 0.667. The summed E-state index contributed by atoms with van der Waals surface area (Å²) in [4.78, 5) is 22.0. The molecule has 90 valence electrons. The van der Waals surface area contributed by atoms with Gasteiger partial charge in [-0.1, -0.05) is 0 Å². The number of carbonyl (C=O) groups excluding carboxylic acids is 2. The summed E-state index contributed by atoms with van der Waals surface area (Å²) in [5.74, 6) is -0.615. The maximum absolute atomic E-state index is 11.1. The van der Waals surface area contributed by atoms with Crippen molar-refractivity contribution in [3.63, 3.8) is 0 Å². The van der Waals surface area contributed by atoms with Crippen LogP contribution in [0, 0.1) is 6.92 Å². The Balaban J connectivity index is 0. The zero-order valence-corrected chi connectivity index (χ0v) is 15.1. The molecule has 0 saturated heterocycles. The van der Waals surface area contributed by atoms with E-state index in [1.54, 1.807) is 20.8 Å². The summed E-state index contributed by atoms with van der Waals surface area (Å²) in [5, 5.41) is 2.24. The first-order valence-electron chi connectivity index (χ1n) is 4.43. The van der Waals surface area contributed by atoms with Gasteiger partial charge in [0, 0.05) is 6.04 Å². The third-order valence-electron chi connectivity index (χ3n) is 1.18. The van der Waals surface area contributed by atoms with Crippen molar-refractivity contribution < 1.29 is 33.9 Å². The van der Waals surface area contributed by atoms with E-state index in [0.29, 0.717) is 0 Å². The van der Waals surface area contributed by atoms with Crippen LogP contribution in [0.15, 0.2) is 0 Å². The molecule has 0 bridgehead atoms. The molecule has 1 amide bonds. The number of methoxy groups -OCH3 is 1. The van der Waals surface area contributed by atoms with Crippen LogP contribution in [-0.2, 0) is 29.1 Å². The normalized spacial score (nSPS) is 11.8. The molecule has 0 rings (SSSR count). The van der Waals surface area contributed by atoms with E-state index < -0.39 is 23.7 Å². The molecular weight excluding hydrogens is 378 g/mol. The first-order chi connectivity index (χ1) is 7.26. The van der Waals surface area contributed by atoms with Gasteiger partial charge < -0.3 is 21.7 Å². The van der Waals surface area contributed by atoms with Crippen LogP contribution in [0.3, 0.4) is 0 Å². The first kappa shape index (κ1) is 18.5. The van der Waals surface area contributed by atoms with E-state index in [1.165, 1.54) is 21.9 Å². The van der Waals surface area contributed by atoms with Gasteiger partial charge >= 0.3 is 40.6 Å². The zero-order valence-electron chi connectivity index (χ0n) is 10.0. The van der Waals surface area contributed by atoms with Crippen LogP contribution >= 0.6 is 19.8 Å². The second kappa shape index (κ2) is 9.16. The molecule has 0 aromatic heterocycles. The van der Waals surface area contributed by atoms with Gasteiger partial charge in [-0.05, 0) is 20.8 Å². The number of rotatable bonds is 2. The van der Waals surface area contributed by atoms with Gasteiger partial charge in [-0.25, -0.2) is 4.79 Å². The van der Waals surface area contributed by atoms with Crippen LogP contribution in [-0.4, -0.2) is 30.8 Å². The predicted octanol–water partition coefficient (Wildman–Crippen LogP) is 1.77. The zero-order chi connectivity index (χ0) is 13.4. The summed E-state index contributed by atoms with van der Waals surface area (Å²) in [7, 11) is 1.22. The molecule has 1 atom stereocenters. The van der Waals surface area contributed by atoms with E-state index in [9.17, 15) is 9.59 Å². The van der Waals surface area contributed by atoms with Crippen molar-refractivity contribution in [1.29, 1.82) is 0 Å². The summed E-state index contributed by atoms with van der Waals surface area (Å²) in [6.07, 6.45) is -0.692. The van der Waals surface area contributed by atoms with Gasteiger partial charge in [0.05, 0.1) is 7.11 Å². The third kappa shape index (κ3) is 10.6. The van der Waals surface area contributed by atoms with Gasteiger partial charge in [-0.2, -0.15) is 0 Å². The number of nitrogens with one attached hydrogen (secondary N) is 1. The number of amides is 1. The minimum absolute atomic E-state index is 0.597. The molecule has 16 heavy (non-hydrogen) atoms. The van der Waals surface area contributed by atoms with Crippen molar-refractivity contribution in [3.8, 4) is 0 Å². The van der Waals surface area contributed by atoms with Crippen molar-refractivity contribution >= 4 is 31.8 Å². The number of carbonyl (C=O) groups is 2. The van der Waals surface area contributed by atoms with E-state index in [1.807, 2.05) is 0 Å². The number of esters is 1. The van der Waals surface area contributed by atoms with Crippen LogP contribution in [0.1, 0.15) is 20.8 Å². The van der Waals surface area contributed by atoms with Crippen LogP contribution in [0.4, 0.5) is 4.79 Å². The fourth-order valence-corrected chi connectivity index (χ4v) is 0.651. The number of hydrogen-bond donors (Lipinski definition) is 1. The van der Waals surface area contributed by atoms with Gasteiger partial charge in [-0.3, -0.25) is 4.79 Å². The van der Waals surface area contributed by atoms with Gasteiger partial charge in [0.2, 0.25) is 0 Å². The van der Waals surface area contributed by atoms with E-state index in [-0.39, 0.29) is 0 Å². The monoisotopic (exact) mass is 393 g/mol. The molecule has 0 aromatic carbocycles. The summed E-state index contributed by atoms with van der Waals surface area (Å²) in [5.41, 5.74) is -0.597. The van der Waals surface area contributed by atoms with Crippen LogP contribution < -0.4 is 5.32 Å². The van der Waals surface area contributed by atoms with Gasteiger partial charge in [-0.15, -0.1) is 0 Å². The Labute approximate surface area is 117 Å². The fourth-order valence-electron chi connectivity index (χ4n) is 0.651. The Morgan fingerprint density at radius 1 is 1.38 bits per heavy atom. The van der Waals surface area contributed by atoms with Crippen LogP contribution in [0.5, 0.6) is 0 Å². The Morgan fingerprint density at radius 3 is 2.12 bits per heavy atom. The van der Waals surface area contributed by atoms with Crippen molar-refractivity contribution in [1.82, 2.24) is 5.32 Å². The summed E-state index contributed by atoms with van der Waals surface area (Å²) in [6, 6.07) is -0.949. The molecule has 7 heteroatoms. The summed E-state index contributed by atoms with van der Waals surface area (Å²) >= 11 is 3.62. The van der Waals surface area contributed by atoms with Crippen LogP contribution in [0.25, 0.3) is 0 Å². The van der Waals surface area contributed by atoms with Gasteiger partial charge in [0.25, 0.3) is 5.97 Å². The average Bonchev–Trinajstić information content (AvgIpc) is 2.16. The third-order valence-corrected chi connectivity index (χ3v) is 1.18. The van der Waals surface area contributed by atoms with Crippen molar-refractivity contribution in [3.05, 3.63) is 6.92 Å². The quantitative estimate of drug-likeness (QED) is 0.336. The van der Waals surface area contributed by atoms with Crippen molar-refractivity contribution in [2.45, 2.75) is 32.4 Å². The molecule has 0 spiro atoms. The summed E-state index contributed by atoms with van der Waals surface area (Å²) in [6.45, 7) is 8.57. The van der Waals surface area contributed by atoms with Crippen molar-refractivity contribution in [2.75, 3.05) is 7.11 Å². The molecular formula is C9H16INO4Zn. The minimum atomic E-state index is -0.949. The Hall–Kier alpha value is 0.0934. The molecule has 0 saturated carbocycles. The number of ether oxygens (including phenoxy) is 2. The Kier molecular flexibility index (Phi) is 10.6. The van der Waals surface area contributed by atoms with Crippen LogP contribution in [0.2, 0.25) is 0 Å². The Morgan fingerprint density at radius 2 is 1.81 bits per heavy atom. The molecule has 0 aliphatic heterocycles. The second-order valence-corrected chi connectivity index (χ2v) is 3.72. The molecule has 0 aliphatic rings. The molecule has 0 fully saturated rings. The maximum atomic E-state index is 11.1. The number of hydrogen-bond acceptors (Lipinski definition) is 4. The van der Waals surface area contributed by atoms with E-state index >= 15 is 0 Å². The van der Waals surface area contributed by atoms with E-state index in [4.69, 9.17) is 4.74 Å². The van der Waals surface area contributed by atoms with Gasteiger partial charge in [0.15, 0.2) is 0 Å². The number of alkyl carbamates (subject to hydrolysis) is 1. The van der Waals surface area contributed by atoms with Crippen molar-refractivity contribution in [2.24, 2.45) is 0 Å². The van der Waals surface area contributed by atoms with E-state index in [2.05, 4.69) is 36.7 Å². The predicted molar refractivity (Wildman–Crippen MR) is 64.6 cm³/mol. The average molecular weight is 395 g/mol. The standard InChI is InChI=1S/C9H16NO4.HI.Zn/c1-6(7(11)13-5)10-8(12)14-9(2,3)4;;/h6H,1H2,2-5H3,(H,10,12);1H;/q-1;;+2/p-1. The topological polar surface area (TPSA) is 64.6 Å².